The summed E-state index contributed by atoms with van der Waals surface area (Å²) in [5.41, 5.74) is 5.50. The monoisotopic (exact) mass is 305 g/mol. The van der Waals surface area contributed by atoms with E-state index in [1.165, 1.54) is 32.9 Å². The van der Waals surface area contributed by atoms with Crippen LogP contribution in [0.4, 0.5) is 0 Å². The molecule has 0 bridgehead atoms. The van der Waals surface area contributed by atoms with Crippen molar-refractivity contribution in [2.24, 2.45) is 0 Å². The molecule has 120 valence electrons. The fourth-order valence-electron chi connectivity index (χ4n) is 3.18. The number of benzene rings is 2. The van der Waals surface area contributed by atoms with Gasteiger partial charge in [0.25, 0.3) is 0 Å². The third-order valence-electron chi connectivity index (χ3n) is 4.72. The molecule has 0 fully saturated rings. The van der Waals surface area contributed by atoms with Crippen molar-refractivity contribution in [3.05, 3.63) is 54.1 Å². The first kappa shape index (κ1) is 15.9. The molecule has 0 spiro atoms. The van der Waals surface area contributed by atoms with Crippen LogP contribution in [0.1, 0.15) is 52.7 Å². The van der Waals surface area contributed by atoms with Crippen LogP contribution in [0.2, 0.25) is 0 Å². The number of aromatic nitrogens is 1. The maximum Gasteiger partial charge on any atom is 0.0534 e. The molecule has 1 aromatic heterocycles. The summed E-state index contributed by atoms with van der Waals surface area (Å²) in [6.45, 7) is 17.6. The van der Waals surface area contributed by atoms with Crippen molar-refractivity contribution in [2.75, 3.05) is 0 Å². The van der Waals surface area contributed by atoms with Crippen LogP contribution in [-0.4, -0.2) is 4.57 Å². The van der Waals surface area contributed by atoms with Gasteiger partial charge in [-0.3, -0.25) is 0 Å². The van der Waals surface area contributed by atoms with Crippen molar-refractivity contribution < 1.29 is 0 Å². The molecule has 0 unspecified atom stereocenters. The second-order valence-corrected chi connectivity index (χ2v) is 8.52. The number of nitrogens with zero attached hydrogens (tertiary/aromatic N) is 1. The van der Waals surface area contributed by atoms with E-state index >= 15 is 0 Å². The lowest BCUT2D eigenvalue weighted by molar-refractivity contribution is 0.590. The summed E-state index contributed by atoms with van der Waals surface area (Å²) in [7, 11) is 0. The van der Waals surface area contributed by atoms with E-state index in [0.29, 0.717) is 0 Å². The highest BCUT2D eigenvalue weighted by Crippen LogP contribution is 2.35. The van der Waals surface area contributed by atoms with Crippen LogP contribution in [0.25, 0.3) is 28.0 Å². The fourth-order valence-corrected chi connectivity index (χ4v) is 3.18. The zero-order chi connectivity index (χ0) is 17.0. The van der Waals surface area contributed by atoms with E-state index in [4.69, 9.17) is 0 Å². The van der Waals surface area contributed by atoms with E-state index in [9.17, 15) is 0 Å². The second kappa shape index (κ2) is 4.99. The number of fused-ring (bicyclic) bond motifs is 3. The lowest BCUT2D eigenvalue weighted by atomic mass is 9.85. The predicted molar refractivity (Wildman–Crippen MR) is 103 cm³/mol. The number of rotatable bonds is 1. The van der Waals surface area contributed by atoms with Gasteiger partial charge in [-0.15, -0.1) is 0 Å². The van der Waals surface area contributed by atoms with Gasteiger partial charge in [0.2, 0.25) is 0 Å². The highest BCUT2D eigenvalue weighted by molar-refractivity contribution is 6.09. The first-order chi connectivity index (χ1) is 10.6. The van der Waals surface area contributed by atoms with Crippen LogP contribution in [0, 0.1) is 0 Å². The minimum Gasteiger partial charge on any atom is -0.317 e. The molecule has 1 heterocycles. The van der Waals surface area contributed by atoms with Gasteiger partial charge in [-0.05, 0) is 46.2 Å². The van der Waals surface area contributed by atoms with Gasteiger partial charge < -0.3 is 4.57 Å². The Labute approximate surface area is 139 Å². The standard InChI is InChI=1S/C22H27N/c1-8-23-19-11-9-15(21(2,3)4)13-17(19)18-14-16(22(5,6)7)10-12-20(18)23/h8-14H,1H2,2-7H3. The van der Waals surface area contributed by atoms with Crippen molar-refractivity contribution in [3.63, 3.8) is 0 Å². The summed E-state index contributed by atoms with van der Waals surface area (Å²) in [6, 6.07) is 13.6. The first-order valence-corrected chi connectivity index (χ1v) is 8.34. The predicted octanol–water partition coefficient (Wildman–Crippen LogP) is 6.49. The summed E-state index contributed by atoms with van der Waals surface area (Å²) in [5, 5.41) is 2.64. The van der Waals surface area contributed by atoms with E-state index in [0.717, 1.165) is 0 Å². The van der Waals surface area contributed by atoms with E-state index < -0.39 is 0 Å². The third-order valence-corrected chi connectivity index (χ3v) is 4.72. The minimum absolute atomic E-state index is 0.151. The molecule has 0 saturated heterocycles. The molecule has 0 aliphatic rings. The van der Waals surface area contributed by atoms with Crippen LogP contribution in [0.3, 0.4) is 0 Å². The van der Waals surface area contributed by atoms with Crippen LogP contribution < -0.4 is 0 Å². The molecule has 0 amide bonds. The van der Waals surface area contributed by atoms with Gasteiger partial charge >= 0.3 is 0 Å². The van der Waals surface area contributed by atoms with Crippen molar-refractivity contribution in [3.8, 4) is 0 Å². The largest absolute Gasteiger partial charge is 0.317 e. The summed E-state index contributed by atoms with van der Waals surface area (Å²) in [6.07, 6.45) is 1.91. The van der Waals surface area contributed by atoms with Gasteiger partial charge in [-0.2, -0.15) is 0 Å². The molecule has 3 rings (SSSR count). The fraction of sp³-hybridized carbons (Fsp3) is 0.364. The summed E-state index contributed by atoms with van der Waals surface area (Å²) in [4.78, 5) is 0. The van der Waals surface area contributed by atoms with E-state index in [1.54, 1.807) is 0 Å². The molecule has 0 radical (unpaired) electrons. The molecule has 2 aromatic carbocycles. The lowest BCUT2D eigenvalue weighted by Gasteiger charge is -2.19. The molecule has 3 aromatic rings. The van der Waals surface area contributed by atoms with Crippen molar-refractivity contribution >= 4 is 28.0 Å². The maximum absolute atomic E-state index is 4.01. The van der Waals surface area contributed by atoms with Crippen LogP contribution in [0.5, 0.6) is 0 Å². The average molecular weight is 305 g/mol. The van der Waals surface area contributed by atoms with Gasteiger partial charge in [0, 0.05) is 17.0 Å². The number of hydrogen-bond acceptors (Lipinski definition) is 0. The molecular formula is C22H27N. The maximum atomic E-state index is 4.01. The smallest absolute Gasteiger partial charge is 0.0534 e. The van der Waals surface area contributed by atoms with Gasteiger partial charge in [-0.1, -0.05) is 60.3 Å². The van der Waals surface area contributed by atoms with Crippen LogP contribution >= 0.6 is 0 Å². The quantitative estimate of drug-likeness (QED) is 0.484. The normalized spacial score (nSPS) is 13.0. The summed E-state index contributed by atoms with van der Waals surface area (Å²) in [5.74, 6) is 0. The Hall–Kier alpha value is -2.02. The van der Waals surface area contributed by atoms with Crippen LogP contribution in [-0.2, 0) is 10.8 Å². The van der Waals surface area contributed by atoms with E-state index in [-0.39, 0.29) is 10.8 Å². The van der Waals surface area contributed by atoms with Gasteiger partial charge in [0.15, 0.2) is 0 Å². The molecule has 0 aliphatic heterocycles. The molecular weight excluding hydrogens is 278 g/mol. The van der Waals surface area contributed by atoms with E-state index in [2.05, 4.69) is 89.1 Å². The van der Waals surface area contributed by atoms with Crippen molar-refractivity contribution in [2.45, 2.75) is 52.4 Å². The zero-order valence-electron chi connectivity index (χ0n) is 15.2. The Balaban J connectivity index is 2.42. The molecule has 0 saturated carbocycles. The minimum atomic E-state index is 0.151. The topological polar surface area (TPSA) is 4.93 Å². The van der Waals surface area contributed by atoms with Crippen LogP contribution in [0.15, 0.2) is 43.0 Å². The molecule has 0 atom stereocenters. The van der Waals surface area contributed by atoms with Gasteiger partial charge in [-0.25, -0.2) is 0 Å². The van der Waals surface area contributed by atoms with E-state index in [1.807, 2.05) is 6.20 Å². The Morgan fingerprint density at radius 3 is 1.43 bits per heavy atom. The average Bonchev–Trinajstić information content (AvgIpc) is 2.77. The summed E-state index contributed by atoms with van der Waals surface area (Å²) < 4.78 is 2.20. The molecule has 0 aliphatic carbocycles. The first-order valence-electron chi connectivity index (χ1n) is 8.34. The van der Waals surface area contributed by atoms with Crippen molar-refractivity contribution in [1.82, 2.24) is 4.57 Å². The Morgan fingerprint density at radius 2 is 1.13 bits per heavy atom. The third kappa shape index (κ3) is 2.59. The Kier molecular flexibility index (Phi) is 3.44. The molecule has 1 heteroatoms. The lowest BCUT2D eigenvalue weighted by Crippen LogP contribution is -2.10. The second-order valence-electron chi connectivity index (χ2n) is 8.52. The Bertz CT molecular complexity index is 824. The molecule has 0 N–H and O–H groups in total. The number of hydrogen-bond donors (Lipinski definition) is 0. The summed E-state index contributed by atoms with van der Waals surface area (Å²) >= 11 is 0. The Morgan fingerprint density at radius 1 is 0.739 bits per heavy atom. The highest BCUT2D eigenvalue weighted by Gasteiger charge is 2.19. The zero-order valence-corrected chi connectivity index (χ0v) is 15.2. The highest BCUT2D eigenvalue weighted by atomic mass is 14.9. The SMILES string of the molecule is C=Cn1c2ccc(C(C)(C)C)cc2c2cc(C(C)(C)C)ccc21. The van der Waals surface area contributed by atoms with Crippen molar-refractivity contribution in [1.29, 1.82) is 0 Å². The molecule has 23 heavy (non-hydrogen) atoms. The van der Waals surface area contributed by atoms with Gasteiger partial charge in [0.05, 0.1) is 11.0 Å². The van der Waals surface area contributed by atoms with Gasteiger partial charge in [0.1, 0.15) is 0 Å². The molecule has 1 nitrogen and oxygen atoms in total.